The first-order valence-corrected chi connectivity index (χ1v) is 7.68. The molecule has 1 aromatic rings. The molecule has 0 unspecified atom stereocenters. The number of aliphatic carboxylic acids is 1. The van der Waals surface area contributed by atoms with Crippen LogP contribution in [0, 0.1) is 0 Å². The molecule has 7 heteroatoms. The van der Waals surface area contributed by atoms with E-state index in [4.69, 9.17) is 9.84 Å². The topological polar surface area (TPSA) is 115 Å². The first kappa shape index (κ1) is 19.1. The molecule has 0 spiro atoms. The van der Waals surface area contributed by atoms with Crippen LogP contribution in [0.25, 0.3) is 0 Å². The first-order chi connectivity index (χ1) is 11.1. The molecule has 0 saturated heterocycles. The van der Waals surface area contributed by atoms with Gasteiger partial charge in [-0.25, -0.2) is 0 Å². The second-order valence-electron chi connectivity index (χ2n) is 5.09. The zero-order chi connectivity index (χ0) is 17.1. The van der Waals surface area contributed by atoms with E-state index in [1.165, 1.54) is 5.32 Å². The average Bonchev–Trinajstić information content (AvgIpc) is 2.54. The molecule has 0 aromatic heterocycles. The highest BCUT2D eigenvalue weighted by molar-refractivity contribution is 5.93. The second kappa shape index (κ2) is 10.7. The lowest BCUT2D eigenvalue weighted by Gasteiger charge is -2.16. The molecule has 4 N–H and O–H groups in total. The number of carbonyl (C=O) groups excluding carboxylic acids is 2. The van der Waals surface area contributed by atoms with Crippen molar-refractivity contribution in [1.82, 2.24) is 0 Å². The average molecular weight is 324 g/mol. The van der Waals surface area contributed by atoms with Crippen molar-refractivity contribution in [2.75, 3.05) is 31.7 Å². The summed E-state index contributed by atoms with van der Waals surface area (Å²) < 4.78 is 5.04. The Labute approximate surface area is 135 Å². The Morgan fingerprint density at radius 3 is 2.57 bits per heavy atom. The molecule has 0 aliphatic rings. The molecular formula is C16H24N2O5. The number of amides is 1. The van der Waals surface area contributed by atoms with E-state index in [0.717, 1.165) is 12.0 Å². The summed E-state index contributed by atoms with van der Waals surface area (Å²) >= 11 is 0. The van der Waals surface area contributed by atoms with Crippen molar-refractivity contribution in [1.29, 1.82) is 0 Å². The summed E-state index contributed by atoms with van der Waals surface area (Å²) in [6, 6.07) is 6.43. The molecule has 0 radical (unpaired) electrons. The van der Waals surface area contributed by atoms with Crippen molar-refractivity contribution >= 4 is 17.6 Å². The summed E-state index contributed by atoms with van der Waals surface area (Å²) in [5.74, 6) is -1.67. The fraction of sp³-hybridized carbons (Fsp3) is 0.500. The van der Waals surface area contributed by atoms with Gasteiger partial charge in [0.05, 0.1) is 38.8 Å². The number of aliphatic hydroxyl groups excluding tert-OH is 1. The summed E-state index contributed by atoms with van der Waals surface area (Å²) in [7, 11) is 0. The summed E-state index contributed by atoms with van der Waals surface area (Å²) in [5, 5.41) is 23.8. The number of ether oxygens (including phenoxy) is 1. The van der Waals surface area contributed by atoms with Crippen LogP contribution in [-0.2, 0) is 20.7 Å². The molecule has 23 heavy (non-hydrogen) atoms. The van der Waals surface area contributed by atoms with Gasteiger partial charge in [-0.2, -0.15) is 0 Å². The Morgan fingerprint density at radius 2 is 2.00 bits per heavy atom. The molecule has 128 valence electrons. The van der Waals surface area contributed by atoms with E-state index >= 15 is 0 Å². The summed E-state index contributed by atoms with van der Waals surface area (Å²) in [6.07, 6.45) is 0.728. The molecule has 1 aromatic carbocycles. The van der Waals surface area contributed by atoms with Crippen LogP contribution in [0.5, 0.6) is 0 Å². The maximum Gasteiger partial charge on any atom is 0.230 e. The third-order valence-corrected chi connectivity index (χ3v) is 3.30. The fourth-order valence-electron chi connectivity index (χ4n) is 2.02. The highest BCUT2D eigenvalue weighted by atomic mass is 16.5. The van der Waals surface area contributed by atoms with Crippen molar-refractivity contribution in [3.63, 3.8) is 0 Å². The van der Waals surface area contributed by atoms with E-state index in [1.54, 1.807) is 12.1 Å². The normalized spacial score (nSPS) is 11.9. The van der Waals surface area contributed by atoms with Gasteiger partial charge < -0.3 is 30.4 Å². The van der Waals surface area contributed by atoms with Crippen LogP contribution in [0.15, 0.2) is 24.3 Å². The van der Waals surface area contributed by atoms with Crippen molar-refractivity contribution < 1.29 is 29.9 Å². The Balaban J connectivity index is 2.42. The van der Waals surface area contributed by atoms with E-state index in [9.17, 15) is 14.7 Å². The van der Waals surface area contributed by atoms with E-state index in [2.05, 4.69) is 5.32 Å². The predicted octanol–water partition coefficient (Wildman–Crippen LogP) is -1.73. The van der Waals surface area contributed by atoms with Crippen LogP contribution in [0.2, 0.25) is 0 Å². The number of nitrogens with one attached hydrogen (secondary N) is 1. The van der Waals surface area contributed by atoms with Gasteiger partial charge in [0.1, 0.15) is 6.04 Å². The Hall–Kier alpha value is -1.96. The zero-order valence-electron chi connectivity index (χ0n) is 13.3. The van der Waals surface area contributed by atoms with Crippen molar-refractivity contribution in [3.8, 4) is 0 Å². The number of anilines is 1. The molecule has 0 fully saturated rings. The quantitative estimate of drug-likeness (QED) is 0.418. The SMILES string of the molecule is CCc1ccc(NC(=O)C[C@@H]([NH2+]CCOCCO)C(=O)[O-])cc1. The molecular weight excluding hydrogens is 300 g/mol. The standard InChI is InChI=1S/C16H24N2O5/c1-2-12-3-5-13(6-4-12)18-15(20)11-14(16(21)22)17-7-9-23-10-8-19/h3-6,14,17,19H,2,7-11H2,1H3,(H,18,20)(H,21,22)/t14-/m1/s1. The minimum atomic E-state index is -1.29. The Kier molecular flexibility index (Phi) is 8.89. The number of nitrogens with two attached hydrogens (primary N) is 1. The number of aryl methyl sites for hydroxylation is 1. The number of hydrogen-bond donors (Lipinski definition) is 3. The lowest BCUT2D eigenvalue weighted by molar-refractivity contribution is -0.683. The van der Waals surface area contributed by atoms with Crippen LogP contribution in [-0.4, -0.2) is 49.4 Å². The Morgan fingerprint density at radius 1 is 1.30 bits per heavy atom. The number of carboxylic acids is 1. The summed E-state index contributed by atoms with van der Waals surface area (Å²) in [6.45, 7) is 2.83. The molecule has 1 rings (SSSR count). The third kappa shape index (κ3) is 7.73. The molecule has 7 nitrogen and oxygen atoms in total. The summed E-state index contributed by atoms with van der Waals surface area (Å²) in [4.78, 5) is 23.0. The van der Waals surface area contributed by atoms with Crippen molar-refractivity contribution in [2.45, 2.75) is 25.8 Å². The van der Waals surface area contributed by atoms with E-state index in [-0.39, 0.29) is 25.5 Å². The number of quaternary nitrogens is 1. The van der Waals surface area contributed by atoms with Gasteiger partial charge in [0.15, 0.2) is 0 Å². The number of carbonyl (C=O) groups is 2. The number of rotatable bonds is 11. The second-order valence-corrected chi connectivity index (χ2v) is 5.09. The van der Waals surface area contributed by atoms with Crippen LogP contribution < -0.4 is 15.7 Å². The number of aliphatic hydroxyl groups is 1. The third-order valence-electron chi connectivity index (χ3n) is 3.30. The number of hydrogen-bond acceptors (Lipinski definition) is 5. The minimum Gasteiger partial charge on any atom is -0.544 e. The van der Waals surface area contributed by atoms with Gasteiger partial charge in [0.25, 0.3) is 0 Å². The monoisotopic (exact) mass is 324 g/mol. The first-order valence-electron chi connectivity index (χ1n) is 7.68. The Bertz CT molecular complexity index is 490. The molecule has 0 heterocycles. The van der Waals surface area contributed by atoms with Gasteiger partial charge in [-0.1, -0.05) is 19.1 Å². The number of carboxylic acid groups (broad SMARTS) is 1. The fourth-order valence-corrected chi connectivity index (χ4v) is 2.02. The van der Waals surface area contributed by atoms with Gasteiger partial charge >= 0.3 is 0 Å². The van der Waals surface area contributed by atoms with Gasteiger partial charge in [0, 0.05) is 5.69 Å². The highest BCUT2D eigenvalue weighted by Gasteiger charge is 2.18. The number of benzene rings is 1. The van der Waals surface area contributed by atoms with Crippen LogP contribution >= 0.6 is 0 Å². The zero-order valence-corrected chi connectivity index (χ0v) is 13.3. The molecule has 1 amide bonds. The van der Waals surface area contributed by atoms with Crippen LogP contribution in [0.1, 0.15) is 18.9 Å². The molecule has 0 saturated carbocycles. The summed E-state index contributed by atoms with van der Waals surface area (Å²) in [5.41, 5.74) is 1.79. The highest BCUT2D eigenvalue weighted by Crippen LogP contribution is 2.10. The van der Waals surface area contributed by atoms with Crippen LogP contribution in [0.3, 0.4) is 0 Å². The maximum absolute atomic E-state index is 11.9. The maximum atomic E-state index is 11.9. The van der Waals surface area contributed by atoms with Gasteiger partial charge in [0.2, 0.25) is 5.91 Å². The lowest BCUT2D eigenvalue weighted by atomic mass is 10.1. The van der Waals surface area contributed by atoms with Crippen LogP contribution in [0.4, 0.5) is 5.69 Å². The van der Waals surface area contributed by atoms with Gasteiger partial charge in [-0.15, -0.1) is 0 Å². The van der Waals surface area contributed by atoms with E-state index in [0.29, 0.717) is 18.8 Å². The molecule has 0 bridgehead atoms. The lowest BCUT2D eigenvalue weighted by Crippen LogP contribution is -2.94. The van der Waals surface area contributed by atoms with Gasteiger partial charge in [-0.3, -0.25) is 4.79 Å². The minimum absolute atomic E-state index is 0.0802. The largest absolute Gasteiger partial charge is 0.544 e. The molecule has 0 aliphatic heterocycles. The van der Waals surface area contributed by atoms with E-state index in [1.807, 2.05) is 19.1 Å². The predicted molar refractivity (Wildman–Crippen MR) is 82.6 cm³/mol. The molecule has 1 atom stereocenters. The van der Waals surface area contributed by atoms with E-state index < -0.39 is 12.0 Å². The molecule has 0 aliphatic carbocycles. The van der Waals surface area contributed by atoms with Crippen molar-refractivity contribution in [2.24, 2.45) is 0 Å². The van der Waals surface area contributed by atoms with Gasteiger partial charge in [-0.05, 0) is 24.1 Å². The van der Waals surface area contributed by atoms with Crippen molar-refractivity contribution in [3.05, 3.63) is 29.8 Å². The smallest absolute Gasteiger partial charge is 0.230 e.